The Morgan fingerprint density at radius 2 is 1.75 bits per heavy atom. The first kappa shape index (κ1) is 14.4. The van der Waals surface area contributed by atoms with E-state index in [-0.39, 0.29) is 10.8 Å². The maximum Gasteiger partial charge on any atom is 0.264 e. The summed E-state index contributed by atoms with van der Waals surface area (Å²) in [6, 6.07) is 8.32. The third kappa shape index (κ3) is 3.75. The van der Waals surface area contributed by atoms with E-state index in [1.165, 1.54) is 12.4 Å². The Kier molecular flexibility index (Phi) is 4.65. The van der Waals surface area contributed by atoms with Crippen LogP contribution in [0.25, 0.3) is 0 Å². The van der Waals surface area contributed by atoms with Gasteiger partial charge in [0.2, 0.25) is 5.95 Å². The number of rotatable bonds is 6. The molecule has 1 aromatic heterocycles. The second-order valence-electron chi connectivity index (χ2n) is 4.21. The van der Waals surface area contributed by atoms with Crippen LogP contribution < -0.4 is 10.5 Å². The van der Waals surface area contributed by atoms with E-state index in [1.807, 2.05) is 0 Å². The zero-order valence-electron chi connectivity index (χ0n) is 10.9. The number of anilines is 1. The molecule has 2 aromatic rings. The van der Waals surface area contributed by atoms with Crippen LogP contribution in [0.15, 0.2) is 47.6 Å². The van der Waals surface area contributed by atoms with Gasteiger partial charge in [-0.05, 0) is 43.1 Å². The molecule has 6 nitrogen and oxygen atoms in total. The fourth-order valence-corrected chi connectivity index (χ4v) is 2.63. The molecule has 0 atom stereocenters. The number of benzene rings is 1. The maximum absolute atomic E-state index is 12.1. The van der Waals surface area contributed by atoms with E-state index in [0.29, 0.717) is 6.54 Å². The third-order valence-electron chi connectivity index (χ3n) is 2.69. The Balaban J connectivity index is 2.13. The molecule has 0 bridgehead atoms. The lowest BCUT2D eigenvalue weighted by Crippen LogP contribution is -2.14. The smallest absolute Gasteiger partial charge is 0.264 e. The van der Waals surface area contributed by atoms with Crippen LogP contribution >= 0.6 is 0 Å². The molecule has 0 saturated heterocycles. The first-order valence-electron chi connectivity index (χ1n) is 6.21. The third-order valence-corrected chi connectivity index (χ3v) is 4.04. The van der Waals surface area contributed by atoms with Crippen molar-refractivity contribution in [1.29, 1.82) is 0 Å². The van der Waals surface area contributed by atoms with Gasteiger partial charge in [0, 0.05) is 12.4 Å². The molecule has 106 valence electrons. The number of nitrogens with one attached hydrogen (secondary N) is 1. The summed E-state index contributed by atoms with van der Waals surface area (Å²) in [5, 5.41) is 0. The number of hydrogen-bond donors (Lipinski definition) is 2. The van der Waals surface area contributed by atoms with Gasteiger partial charge >= 0.3 is 0 Å². The molecule has 0 aliphatic rings. The zero-order valence-corrected chi connectivity index (χ0v) is 11.7. The van der Waals surface area contributed by atoms with Crippen molar-refractivity contribution in [2.24, 2.45) is 5.73 Å². The minimum absolute atomic E-state index is 0.0553. The molecule has 0 spiro atoms. The van der Waals surface area contributed by atoms with Gasteiger partial charge in [-0.15, -0.1) is 0 Å². The van der Waals surface area contributed by atoms with Gasteiger partial charge in [-0.2, -0.15) is 0 Å². The summed E-state index contributed by atoms with van der Waals surface area (Å²) >= 11 is 0. The number of aromatic nitrogens is 2. The SMILES string of the molecule is NCCCc1ccc(S(=O)(=O)Nc2ncccn2)cc1. The highest BCUT2D eigenvalue weighted by Gasteiger charge is 2.14. The molecule has 0 amide bonds. The van der Waals surface area contributed by atoms with Gasteiger partial charge in [0.1, 0.15) is 0 Å². The van der Waals surface area contributed by atoms with Crippen LogP contribution in [0.4, 0.5) is 5.95 Å². The molecule has 0 saturated carbocycles. The number of aryl methyl sites for hydroxylation is 1. The Bertz CT molecular complexity index is 642. The zero-order chi connectivity index (χ0) is 14.4. The second kappa shape index (κ2) is 6.44. The average molecular weight is 292 g/mol. The van der Waals surface area contributed by atoms with Crippen molar-refractivity contribution in [2.75, 3.05) is 11.3 Å². The molecule has 7 heteroatoms. The molecule has 20 heavy (non-hydrogen) atoms. The Hall–Kier alpha value is -1.99. The standard InChI is InChI=1S/C13H16N4O2S/c14-8-1-3-11-4-6-12(7-5-11)20(18,19)17-13-15-9-2-10-16-13/h2,4-7,9-10H,1,3,8,14H2,(H,15,16,17). The van der Waals surface area contributed by atoms with Crippen LogP contribution in [0.2, 0.25) is 0 Å². The van der Waals surface area contributed by atoms with Gasteiger partial charge in [0.15, 0.2) is 0 Å². The van der Waals surface area contributed by atoms with E-state index < -0.39 is 10.0 Å². The van der Waals surface area contributed by atoms with Crippen molar-refractivity contribution in [3.8, 4) is 0 Å². The van der Waals surface area contributed by atoms with Crippen LogP contribution in [-0.4, -0.2) is 24.9 Å². The minimum Gasteiger partial charge on any atom is -0.330 e. The summed E-state index contributed by atoms with van der Waals surface area (Å²) in [6.45, 7) is 0.618. The number of sulfonamides is 1. The Morgan fingerprint density at radius 3 is 2.35 bits per heavy atom. The molecular weight excluding hydrogens is 276 g/mol. The number of hydrogen-bond acceptors (Lipinski definition) is 5. The predicted molar refractivity (Wildman–Crippen MR) is 76.7 cm³/mol. The van der Waals surface area contributed by atoms with Crippen molar-refractivity contribution in [1.82, 2.24) is 9.97 Å². The molecule has 2 rings (SSSR count). The van der Waals surface area contributed by atoms with E-state index in [4.69, 9.17) is 5.73 Å². The Labute approximate surface area is 118 Å². The largest absolute Gasteiger partial charge is 0.330 e. The van der Waals surface area contributed by atoms with E-state index >= 15 is 0 Å². The second-order valence-corrected chi connectivity index (χ2v) is 5.90. The fraction of sp³-hybridized carbons (Fsp3) is 0.231. The average Bonchev–Trinajstić information content (AvgIpc) is 2.46. The van der Waals surface area contributed by atoms with Crippen LogP contribution in [0, 0.1) is 0 Å². The molecule has 0 aliphatic carbocycles. The summed E-state index contributed by atoms with van der Waals surface area (Å²) in [5.41, 5.74) is 6.50. The topological polar surface area (TPSA) is 98.0 Å². The normalized spacial score (nSPS) is 11.2. The number of nitrogens with two attached hydrogens (primary N) is 1. The monoisotopic (exact) mass is 292 g/mol. The van der Waals surface area contributed by atoms with E-state index in [0.717, 1.165) is 18.4 Å². The predicted octanol–water partition coefficient (Wildman–Crippen LogP) is 1.17. The van der Waals surface area contributed by atoms with Crippen molar-refractivity contribution < 1.29 is 8.42 Å². The first-order valence-corrected chi connectivity index (χ1v) is 7.69. The number of nitrogens with zero attached hydrogens (tertiary/aromatic N) is 2. The van der Waals surface area contributed by atoms with Gasteiger partial charge in [-0.3, -0.25) is 0 Å². The highest BCUT2D eigenvalue weighted by atomic mass is 32.2. The maximum atomic E-state index is 12.1. The summed E-state index contributed by atoms with van der Waals surface area (Å²) in [4.78, 5) is 7.85. The van der Waals surface area contributed by atoms with Crippen molar-refractivity contribution in [3.05, 3.63) is 48.3 Å². The Morgan fingerprint density at radius 1 is 1.10 bits per heavy atom. The van der Waals surface area contributed by atoms with E-state index in [2.05, 4.69) is 14.7 Å². The first-order chi connectivity index (χ1) is 9.62. The van der Waals surface area contributed by atoms with Gasteiger partial charge in [0.25, 0.3) is 10.0 Å². The molecule has 0 aliphatic heterocycles. The van der Waals surface area contributed by atoms with Crippen LogP contribution in [-0.2, 0) is 16.4 Å². The van der Waals surface area contributed by atoms with Crippen molar-refractivity contribution in [2.45, 2.75) is 17.7 Å². The van der Waals surface area contributed by atoms with E-state index in [1.54, 1.807) is 30.3 Å². The quantitative estimate of drug-likeness (QED) is 0.832. The van der Waals surface area contributed by atoms with E-state index in [9.17, 15) is 8.42 Å². The molecule has 0 fully saturated rings. The van der Waals surface area contributed by atoms with Crippen LogP contribution in [0.3, 0.4) is 0 Å². The summed E-state index contributed by atoms with van der Waals surface area (Å²) in [6.07, 6.45) is 4.66. The van der Waals surface area contributed by atoms with Gasteiger partial charge < -0.3 is 5.73 Å². The molecule has 1 aromatic carbocycles. The van der Waals surface area contributed by atoms with Crippen LogP contribution in [0.5, 0.6) is 0 Å². The molecule has 3 N–H and O–H groups in total. The summed E-state index contributed by atoms with van der Waals surface area (Å²) in [5.74, 6) is 0.0553. The lowest BCUT2D eigenvalue weighted by Gasteiger charge is -2.07. The summed E-state index contributed by atoms with van der Waals surface area (Å²) in [7, 11) is -3.65. The lowest BCUT2D eigenvalue weighted by atomic mass is 10.1. The molecule has 0 unspecified atom stereocenters. The summed E-state index contributed by atoms with van der Waals surface area (Å²) < 4.78 is 26.6. The van der Waals surface area contributed by atoms with Gasteiger partial charge in [-0.1, -0.05) is 12.1 Å². The van der Waals surface area contributed by atoms with Gasteiger partial charge in [-0.25, -0.2) is 23.1 Å². The van der Waals surface area contributed by atoms with Gasteiger partial charge in [0.05, 0.1) is 4.90 Å². The van der Waals surface area contributed by atoms with Crippen molar-refractivity contribution in [3.63, 3.8) is 0 Å². The van der Waals surface area contributed by atoms with Crippen molar-refractivity contribution >= 4 is 16.0 Å². The highest BCUT2D eigenvalue weighted by molar-refractivity contribution is 7.92. The fourth-order valence-electron chi connectivity index (χ4n) is 1.67. The molecule has 0 radical (unpaired) electrons. The highest BCUT2D eigenvalue weighted by Crippen LogP contribution is 2.14. The minimum atomic E-state index is -3.65. The molecular formula is C13H16N4O2S. The molecule has 1 heterocycles. The van der Waals surface area contributed by atoms with Crippen LogP contribution in [0.1, 0.15) is 12.0 Å². The lowest BCUT2D eigenvalue weighted by molar-refractivity contribution is 0.600.